The van der Waals surface area contributed by atoms with Crippen LogP contribution in [0.3, 0.4) is 0 Å². The van der Waals surface area contributed by atoms with E-state index in [2.05, 4.69) is 0 Å². The van der Waals surface area contributed by atoms with Crippen molar-refractivity contribution in [2.24, 2.45) is 11.8 Å². The van der Waals surface area contributed by atoms with E-state index in [1.54, 1.807) is 11.0 Å². The number of nitrogens with zero attached hydrogens (tertiary/aromatic N) is 1. The number of likely N-dealkylation sites (N-methyl/N-ethyl adjacent to an activating group) is 1. The Bertz CT molecular complexity index is 405. The zero-order chi connectivity index (χ0) is 11.5. The van der Waals surface area contributed by atoms with Gasteiger partial charge in [0.1, 0.15) is 5.60 Å². The molecule has 5 heteroatoms. The summed E-state index contributed by atoms with van der Waals surface area (Å²) in [6, 6.07) is 0. The summed E-state index contributed by atoms with van der Waals surface area (Å²) in [5, 5.41) is 11.1. The van der Waals surface area contributed by atoms with Crippen LogP contribution in [0.2, 0.25) is 0 Å². The van der Waals surface area contributed by atoms with E-state index in [0.29, 0.717) is 13.1 Å². The molecule has 3 heterocycles. The Labute approximate surface area is 92.7 Å². The highest BCUT2D eigenvalue weighted by molar-refractivity contribution is 5.90. The predicted octanol–water partition coefficient (Wildman–Crippen LogP) is -1.46. The number of amides is 1. The maximum atomic E-state index is 12.0. The highest BCUT2D eigenvalue weighted by atomic mass is 16.5. The van der Waals surface area contributed by atoms with Crippen molar-refractivity contribution in [1.82, 2.24) is 4.90 Å². The van der Waals surface area contributed by atoms with Gasteiger partial charge in [0.25, 0.3) is 0 Å². The Kier molecular flexibility index (Phi) is 1.75. The molecule has 1 amide bonds. The first-order valence-corrected chi connectivity index (χ1v) is 5.46. The van der Waals surface area contributed by atoms with E-state index >= 15 is 0 Å². The molecule has 2 fully saturated rings. The molecule has 0 aromatic rings. The molecule has 3 rings (SSSR count). The Balaban J connectivity index is 2.03. The van der Waals surface area contributed by atoms with Gasteiger partial charge in [0.05, 0.1) is 18.6 Å². The minimum Gasteiger partial charge on any atom is -0.550 e. The van der Waals surface area contributed by atoms with Gasteiger partial charge in [0.15, 0.2) is 0 Å². The van der Waals surface area contributed by atoms with Gasteiger partial charge in [-0.3, -0.25) is 4.79 Å². The average Bonchev–Trinajstić information content (AvgIpc) is 2.86. The van der Waals surface area contributed by atoms with Crippen molar-refractivity contribution in [1.29, 1.82) is 0 Å². The first kappa shape index (κ1) is 9.84. The minimum absolute atomic E-state index is 0.122. The summed E-state index contributed by atoms with van der Waals surface area (Å²) >= 11 is 0. The van der Waals surface area contributed by atoms with Crippen LogP contribution in [0.25, 0.3) is 0 Å². The minimum atomic E-state index is -1.19. The van der Waals surface area contributed by atoms with Crippen molar-refractivity contribution in [3.63, 3.8) is 0 Å². The van der Waals surface area contributed by atoms with Gasteiger partial charge < -0.3 is 19.5 Å². The van der Waals surface area contributed by atoms with Gasteiger partial charge in [-0.25, -0.2) is 0 Å². The van der Waals surface area contributed by atoms with Gasteiger partial charge in [0.2, 0.25) is 5.91 Å². The number of carboxylic acid groups (broad SMARTS) is 1. The van der Waals surface area contributed by atoms with Gasteiger partial charge in [-0.2, -0.15) is 0 Å². The van der Waals surface area contributed by atoms with E-state index in [0.717, 1.165) is 0 Å². The Hall–Kier alpha value is -1.36. The van der Waals surface area contributed by atoms with Crippen LogP contribution in [-0.4, -0.2) is 41.6 Å². The number of hydrogen-bond acceptors (Lipinski definition) is 4. The van der Waals surface area contributed by atoms with Crippen LogP contribution in [0.1, 0.15) is 6.92 Å². The van der Waals surface area contributed by atoms with E-state index in [1.165, 1.54) is 0 Å². The molecule has 86 valence electrons. The summed E-state index contributed by atoms with van der Waals surface area (Å²) in [6.07, 6.45) is 3.09. The van der Waals surface area contributed by atoms with Crippen molar-refractivity contribution < 1.29 is 19.4 Å². The largest absolute Gasteiger partial charge is 0.550 e. The summed E-state index contributed by atoms with van der Waals surface area (Å²) in [6.45, 7) is 2.92. The number of ether oxygens (including phenoxy) is 1. The second kappa shape index (κ2) is 2.85. The summed E-state index contributed by atoms with van der Waals surface area (Å²) in [5.41, 5.74) is -0.706. The molecule has 3 aliphatic rings. The van der Waals surface area contributed by atoms with Crippen LogP contribution >= 0.6 is 0 Å². The predicted molar refractivity (Wildman–Crippen MR) is 51.0 cm³/mol. The molecule has 2 bridgehead atoms. The van der Waals surface area contributed by atoms with E-state index in [1.807, 2.05) is 13.0 Å². The van der Waals surface area contributed by atoms with Gasteiger partial charge >= 0.3 is 0 Å². The number of fused-ring (bicyclic) bond motifs is 1. The fourth-order valence-electron chi connectivity index (χ4n) is 3.11. The van der Waals surface area contributed by atoms with Crippen LogP contribution in [0.15, 0.2) is 12.2 Å². The van der Waals surface area contributed by atoms with Crippen LogP contribution in [-0.2, 0) is 14.3 Å². The SMILES string of the molecule is CCN1C[C@@]23C=C[C@@H](O2)[C@H](C(=O)[O-])[C@H]3C1=O. The molecule has 0 aromatic carbocycles. The number of carbonyl (C=O) groups is 2. The topological polar surface area (TPSA) is 69.7 Å². The molecule has 0 radical (unpaired) electrons. The summed E-state index contributed by atoms with van der Waals surface area (Å²) < 4.78 is 5.67. The first-order valence-electron chi connectivity index (χ1n) is 5.46. The van der Waals surface area contributed by atoms with E-state index in [9.17, 15) is 14.7 Å². The van der Waals surface area contributed by atoms with Crippen LogP contribution in [0.5, 0.6) is 0 Å². The third-order valence-electron chi connectivity index (χ3n) is 3.83. The molecule has 0 aliphatic carbocycles. The fourth-order valence-corrected chi connectivity index (χ4v) is 3.11. The van der Waals surface area contributed by atoms with Crippen molar-refractivity contribution in [2.75, 3.05) is 13.1 Å². The first-order chi connectivity index (χ1) is 7.59. The molecule has 4 atom stereocenters. The maximum Gasteiger partial charge on any atom is 0.229 e. The molecular formula is C11H12NO4-. The fraction of sp³-hybridized carbons (Fsp3) is 0.636. The lowest BCUT2D eigenvalue weighted by molar-refractivity contribution is -0.313. The van der Waals surface area contributed by atoms with Crippen molar-refractivity contribution in [3.8, 4) is 0 Å². The van der Waals surface area contributed by atoms with E-state index < -0.39 is 29.5 Å². The molecule has 0 aromatic heterocycles. The molecule has 16 heavy (non-hydrogen) atoms. The zero-order valence-electron chi connectivity index (χ0n) is 8.88. The maximum absolute atomic E-state index is 12.0. The molecule has 5 nitrogen and oxygen atoms in total. The average molecular weight is 222 g/mol. The lowest BCUT2D eigenvalue weighted by Crippen LogP contribution is -2.45. The van der Waals surface area contributed by atoms with Gasteiger partial charge in [-0.1, -0.05) is 12.2 Å². The number of carbonyl (C=O) groups excluding carboxylic acids is 2. The summed E-state index contributed by atoms with van der Waals surface area (Å²) in [7, 11) is 0. The molecule has 0 saturated carbocycles. The number of rotatable bonds is 2. The summed E-state index contributed by atoms with van der Waals surface area (Å²) in [4.78, 5) is 24.8. The summed E-state index contributed by atoms with van der Waals surface area (Å²) in [5.74, 6) is -2.72. The van der Waals surface area contributed by atoms with Crippen molar-refractivity contribution in [3.05, 3.63) is 12.2 Å². The van der Waals surface area contributed by atoms with Crippen LogP contribution < -0.4 is 5.11 Å². The van der Waals surface area contributed by atoms with E-state index in [-0.39, 0.29) is 5.91 Å². The lowest BCUT2D eigenvalue weighted by atomic mass is 9.77. The Morgan fingerprint density at radius 2 is 2.50 bits per heavy atom. The standard InChI is InChI=1S/C11H13NO4/c1-2-12-5-11-4-3-6(16-11)7(10(14)15)8(11)9(12)13/h3-4,6-8H,2,5H2,1H3,(H,14,15)/p-1/t6-,7+,8+,11-/m1/s1. The third-order valence-corrected chi connectivity index (χ3v) is 3.83. The molecule has 0 N–H and O–H groups in total. The Morgan fingerprint density at radius 1 is 1.75 bits per heavy atom. The highest BCUT2D eigenvalue weighted by Gasteiger charge is 2.64. The van der Waals surface area contributed by atoms with Gasteiger partial charge in [-0.15, -0.1) is 0 Å². The van der Waals surface area contributed by atoms with Gasteiger partial charge in [-0.05, 0) is 6.92 Å². The van der Waals surface area contributed by atoms with Crippen LogP contribution in [0, 0.1) is 11.8 Å². The number of aliphatic carboxylic acids is 1. The number of likely N-dealkylation sites (tertiary alicyclic amines) is 1. The molecular weight excluding hydrogens is 210 g/mol. The molecule has 0 unspecified atom stereocenters. The normalized spacial score (nSPS) is 44.2. The molecule has 3 aliphatic heterocycles. The number of carboxylic acids is 1. The third kappa shape index (κ3) is 0.942. The molecule has 1 spiro atoms. The van der Waals surface area contributed by atoms with Crippen LogP contribution in [0.4, 0.5) is 0 Å². The van der Waals surface area contributed by atoms with Crippen molar-refractivity contribution in [2.45, 2.75) is 18.6 Å². The zero-order valence-corrected chi connectivity index (χ0v) is 8.88. The molecule has 2 saturated heterocycles. The monoisotopic (exact) mass is 222 g/mol. The van der Waals surface area contributed by atoms with Crippen molar-refractivity contribution >= 4 is 11.9 Å². The quantitative estimate of drug-likeness (QED) is 0.535. The second-order valence-electron chi connectivity index (χ2n) is 4.57. The highest BCUT2D eigenvalue weighted by Crippen LogP contribution is 2.51. The Morgan fingerprint density at radius 3 is 3.12 bits per heavy atom. The lowest BCUT2D eigenvalue weighted by Gasteiger charge is -2.24. The number of hydrogen-bond donors (Lipinski definition) is 0. The van der Waals surface area contributed by atoms with E-state index in [4.69, 9.17) is 4.74 Å². The van der Waals surface area contributed by atoms with Gasteiger partial charge in [0, 0.05) is 18.4 Å². The second-order valence-corrected chi connectivity index (χ2v) is 4.57. The smallest absolute Gasteiger partial charge is 0.229 e.